The fraction of sp³-hybridized carbons (Fsp3) is 0.737. The molecule has 1 saturated carbocycles. The number of amides is 1. The van der Waals surface area contributed by atoms with Crippen LogP contribution < -0.4 is 0 Å². The van der Waals surface area contributed by atoms with Gasteiger partial charge < -0.3 is 14.4 Å². The molecule has 6 heteroatoms. The lowest BCUT2D eigenvalue weighted by molar-refractivity contribution is -0.150. The lowest BCUT2D eigenvalue weighted by Crippen LogP contribution is -2.58. The first-order valence-electron chi connectivity index (χ1n) is 9.52. The van der Waals surface area contributed by atoms with Gasteiger partial charge in [0.25, 0.3) is 5.91 Å². The third kappa shape index (κ3) is 3.55. The largest absolute Gasteiger partial charge is 0.380 e. The second kappa shape index (κ2) is 7.38. The Morgan fingerprint density at radius 2 is 2.24 bits per heavy atom. The Morgan fingerprint density at radius 3 is 3.00 bits per heavy atom. The molecule has 2 saturated heterocycles. The van der Waals surface area contributed by atoms with Crippen LogP contribution in [0.1, 0.15) is 48.9 Å². The van der Waals surface area contributed by atoms with Crippen molar-refractivity contribution in [1.82, 2.24) is 15.1 Å². The maximum Gasteiger partial charge on any atom is 0.255 e. The molecule has 3 fully saturated rings. The van der Waals surface area contributed by atoms with Gasteiger partial charge in [-0.2, -0.15) is 10.2 Å². The molecule has 25 heavy (non-hydrogen) atoms. The summed E-state index contributed by atoms with van der Waals surface area (Å²) < 4.78 is 12.2. The van der Waals surface area contributed by atoms with Gasteiger partial charge >= 0.3 is 0 Å². The molecule has 2 atom stereocenters. The van der Waals surface area contributed by atoms with Crippen LogP contribution in [0, 0.1) is 11.3 Å². The molecule has 2 aliphatic heterocycles. The average molecular weight is 345 g/mol. The zero-order chi connectivity index (χ0) is 17.1. The first-order chi connectivity index (χ1) is 12.3. The van der Waals surface area contributed by atoms with Crippen molar-refractivity contribution >= 4 is 5.91 Å². The Labute approximate surface area is 148 Å². The van der Waals surface area contributed by atoms with Crippen LogP contribution in [-0.2, 0) is 9.47 Å². The summed E-state index contributed by atoms with van der Waals surface area (Å²) in [6.07, 6.45) is 10.3. The number of aromatic nitrogens is 2. The Balaban J connectivity index is 1.44. The van der Waals surface area contributed by atoms with Crippen LogP contribution in [0.25, 0.3) is 0 Å². The number of rotatable bonds is 5. The smallest absolute Gasteiger partial charge is 0.255 e. The van der Waals surface area contributed by atoms with Crippen molar-refractivity contribution in [3.63, 3.8) is 0 Å². The molecule has 1 aromatic rings. The Hall–Kier alpha value is -1.53. The third-order valence-corrected chi connectivity index (χ3v) is 6.07. The summed E-state index contributed by atoms with van der Waals surface area (Å²) in [7, 11) is 0. The highest BCUT2D eigenvalue weighted by Crippen LogP contribution is 2.41. The number of carbonyl (C=O) groups excluding carboxylic acids is 1. The molecule has 3 aliphatic rings. The van der Waals surface area contributed by atoms with E-state index < -0.39 is 0 Å². The highest BCUT2D eigenvalue weighted by atomic mass is 16.5. The minimum atomic E-state index is -0.0592. The molecule has 0 N–H and O–H groups in total. The van der Waals surface area contributed by atoms with Crippen LogP contribution in [-0.4, -0.2) is 60.0 Å². The van der Waals surface area contributed by atoms with Crippen LogP contribution in [0.5, 0.6) is 0 Å². The summed E-state index contributed by atoms with van der Waals surface area (Å²) >= 11 is 0. The third-order valence-electron chi connectivity index (χ3n) is 6.07. The van der Waals surface area contributed by atoms with Gasteiger partial charge in [0.05, 0.1) is 30.7 Å². The molecule has 6 nitrogen and oxygen atoms in total. The van der Waals surface area contributed by atoms with E-state index in [4.69, 9.17) is 9.47 Å². The standard InChI is InChI=1S/C19H27N3O3/c23-18(16-5-8-20-21-11-16)22-9-6-17-19(13-22,7-2-10-25-17)14-24-12-15-3-1-4-15/h5,8,11,15,17H,1-4,6-7,9-10,12-14H2/t17-,19+/m0/s1. The number of hydrogen-bond donors (Lipinski definition) is 0. The molecule has 1 aliphatic carbocycles. The number of ether oxygens (including phenoxy) is 2. The van der Waals surface area contributed by atoms with E-state index in [-0.39, 0.29) is 17.4 Å². The number of hydrogen-bond acceptors (Lipinski definition) is 5. The van der Waals surface area contributed by atoms with E-state index in [2.05, 4.69) is 10.2 Å². The Kier molecular flexibility index (Phi) is 4.99. The van der Waals surface area contributed by atoms with E-state index in [1.807, 2.05) is 4.90 Å². The van der Waals surface area contributed by atoms with E-state index in [0.717, 1.165) is 44.9 Å². The molecule has 1 amide bonds. The quantitative estimate of drug-likeness (QED) is 0.819. The second-order valence-electron chi connectivity index (χ2n) is 7.78. The van der Waals surface area contributed by atoms with Gasteiger partial charge in [-0.25, -0.2) is 0 Å². The molecule has 0 aromatic carbocycles. The lowest BCUT2D eigenvalue weighted by Gasteiger charge is -2.50. The Bertz CT molecular complexity index is 593. The van der Waals surface area contributed by atoms with Gasteiger partial charge in [-0.15, -0.1) is 0 Å². The van der Waals surface area contributed by atoms with Crippen molar-refractivity contribution in [3.05, 3.63) is 24.0 Å². The van der Waals surface area contributed by atoms with Gasteiger partial charge in [-0.3, -0.25) is 4.79 Å². The zero-order valence-corrected chi connectivity index (χ0v) is 14.7. The van der Waals surface area contributed by atoms with Gasteiger partial charge in [-0.05, 0) is 44.1 Å². The molecule has 3 heterocycles. The summed E-state index contributed by atoms with van der Waals surface area (Å²) in [6.45, 7) is 3.83. The van der Waals surface area contributed by atoms with Crippen molar-refractivity contribution < 1.29 is 14.3 Å². The molecular formula is C19H27N3O3. The first-order valence-corrected chi connectivity index (χ1v) is 9.52. The van der Waals surface area contributed by atoms with E-state index >= 15 is 0 Å². The molecule has 0 spiro atoms. The number of piperidine rings is 1. The van der Waals surface area contributed by atoms with Crippen molar-refractivity contribution in [2.45, 2.75) is 44.6 Å². The number of carbonyl (C=O) groups is 1. The summed E-state index contributed by atoms with van der Waals surface area (Å²) in [5.41, 5.74) is 0.548. The van der Waals surface area contributed by atoms with Gasteiger partial charge in [0.2, 0.25) is 0 Å². The second-order valence-corrected chi connectivity index (χ2v) is 7.78. The topological polar surface area (TPSA) is 64.6 Å². The molecule has 4 rings (SSSR count). The van der Waals surface area contributed by atoms with Crippen LogP contribution in [0.3, 0.4) is 0 Å². The zero-order valence-electron chi connectivity index (χ0n) is 14.7. The van der Waals surface area contributed by atoms with Crippen molar-refractivity contribution in [3.8, 4) is 0 Å². The summed E-state index contributed by atoms with van der Waals surface area (Å²) in [6, 6.07) is 1.73. The van der Waals surface area contributed by atoms with E-state index in [9.17, 15) is 4.79 Å². The average Bonchev–Trinajstić information content (AvgIpc) is 2.63. The number of fused-ring (bicyclic) bond motifs is 1. The highest BCUT2D eigenvalue weighted by molar-refractivity contribution is 5.93. The maximum atomic E-state index is 12.8. The fourth-order valence-electron chi connectivity index (χ4n) is 4.36. The molecule has 0 radical (unpaired) electrons. The summed E-state index contributed by atoms with van der Waals surface area (Å²) in [5.74, 6) is 0.779. The maximum absolute atomic E-state index is 12.8. The fourth-order valence-corrected chi connectivity index (χ4v) is 4.36. The SMILES string of the molecule is O=C(c1ccnnc1)N1CC[C@@H]2OCCC[C@]2(COCC2CCC2)C1. The molecular weight excluding hydrogens is 318 g/mol. The normalized spacial score (nSPS) is 29.8. The Morgan fingerprint density at radius 1 is 1.32 bits per heavy atom. The van der Waals surface area contributed by atoms with Crippen molar-refractivity contribution in [2.24, 2.45) is 11.3 Å². The van der Waals surface area contributed by atoms with E-state index in [0.29, 0.717) is 18.7 Å². The predicted octanol–water partition coefficient (Wildman–Crippen LogP) is 2.30. The van der Waals surface area contributed by atoms with Gasteiger partial charge in [0, 0.05) is 31.7 Å². The van der Waals surface area contributed by atoms with Crippen LogP contribution >= 0.6 is 0 Å². The molecule has 0 unspecified atom stereocenters. The highest BCUT2D eigenvalue weighted by Gasteiger charge is 2.47. The number of likely N-dealkylation sites (tertiary alicyclic amines) is 1. The molecule has 1 aromatic heterocycles. The minimum absolute atomic E-state index is 0.0392. The number of nitrogens with zero attached hydrogens (tertiary/aromatic N) is 3. The van der Waals surface area contributed by atoms with Gasteiger partial charge in [0.15, 0.2) is 0 Å². The van der Waals surface area contributed by atoms with Crippen LogP contribution in [0.2, 0.25) is 0 Å². The van der Waals surface area contributed by atoms with E-state index in [1.165, 1.54) is 19.3 Å². The van der Waals surface area contributed by atoms with Crippen LogP contribution in [0.15, 0.2) is 18.5 Å². The summed E-state index contributed by atoms with van der Waals surface area (Å²) in [4.78, 5) is 14.8. The predicted molar refractivity (Wildman–Crippen MR) is 92.1 cm³/mol. The van der Waals surface area contributed by atoms with Crippen molar-refractivity contribution in [2.75, 3.05) is 32.9 Å². The molecule has 0 bridgehead atoms. The monoisotopic (exact) mass is 345 g/mol. The van der Waals surface area contributed by atoms with E-state index in [1.54, 1.807) is 18.5 Å². The van der Waals surface area contributed by atoms with Gasteiger partial charge in [-0.1, -0.05) is 6.42 Å². The summed E-state index contributed by atoms with van der Waals surface area (Å²) in [5, 5.41) is 7.60. The van der Waals surface area contributed by atoms with Crippen molar-refractivity contribution in [1.29, 1.82) is 0 Å². The van der Waals surface area contributed by atoms with Crippen LogP contribution in [0.4, 0.5) is 0 Å². The van der Waals surface area contributed by atoms with Gasteiger partial charge in [0.1, 0.15) is 0 Å². The molecule has 136 valence electrons. The first kappa shape index (κ1) is 16.9. The lowest BCUT2D eigenvalue weighted by atomic mass is 9.73. The minimum Gasteiger partial charge on any atom is -0.380 e.